The molecule has 2 heterocycles. The number of amides is 1. The van der Waals surface area contributed by atoms with Crippen molar-refractivity contribution < 1.29 is 9.18 Å². The number of nitrogens with zero attached hydrogens (tertiary/aromatic N) is 2. The summed E-state index contributed by atoms with van der Waals surface area (Å²) in [6.07, 6.45) is 2.79. The molecule has 156 valence electrons. The van der Waals surface area contributed by atoms with Crippen molar-refractivity contribution in [2.75, 3.05) is 0 Å². The van der Waals surface area contributed by atoms with Gasteiger partial charge in [0.15, 0.2) is 0 Å². The molecule has 1 amide bonds. The molecule has 1 atom stereocenters. The monoisotopic (exact) mass is 431 g/mol. The zero-order valence-electron chi connectivity index (χ0n) is 17.1. The first-order valence-electron chi connectivity index (χ1n) is 10.1. The predicted molar refractivity (Wildman–Crippen MR) is 121 cm³/mol. The van der Waals surface area contributed by atoms with Gasteiger partial charge in [0.25, 0.3) is 0 Å². The Morgan fingerprint density at radius 3 is 2.61 bits per heavy atom. The molecule has 0 saturated heterocycles. The summed E-state index contributed by atoms with van der Waals surface area (Å²) in [6.45, 7) is 2.09. The Morgan fingerprint density at radius 1 is 1.06 bits per heavy atom. The average molecular weight is 432 g/mol. The Hall–Kier alpha value is -3.38. The molecule has 1 N–H and O–H groups in total. The molecule has 2 aromatic heterocycles. The number of hydrogen-bond acceptors (Lipinski definition) is 4. The first-order valence-corrected chi connectivity index (χ1v) is 11.0. The van der Waals surface area contributed by atoms with Gasteiger partial charge < -0.3 is 5.32 Å². The number of benzene rings is 2. The van der Waals surface area contributed by atoms with Crippen LogP contribution in [0.3, 0.4) is 0 Å². The molecule has 0 spiro atoms. The molecule has 0 fully saturated rings. The van der Waals surface area contributed by atoms with Gasteiger partial charge in [-0.1, -0.05) is 49.4 Å². The highest BCUT2D eigenvalue weighted by atomic mass is 32.1. The first-order chi connectivity index (χ1) is 15.1. The van der Waals surface area contributed by atoms with Crippen LogP contribution in [0.4, 0.5) is 4.39 Å². The molecule has 0 aliphatic rings. The van der Waals surface area contributed by atoms with E-state index in [1.54, 1.807) is 12.3 Å². The Balaban J connectivity index is 1.54. The van der Waals surface area contributed by atoms with Crippen LogP contribution < -0.4 is 5.32 Å². The Morgan fingerprint density at radius 2 is 1.90 bits per heavy atom. The van der Waals surface area contributed by atoms with E-state index in [1.165, 1.54) is 29.0 Å². The molecule has 0 radical (unpaired) electrons. The molecule has 4 aromatic rings. The van der Waals surface area contributed by atoms with Crippen molar-refractivity contribution >= 4 is 17.2 Å². The average Bonchev–Trinajstić information content (AvgIpc) is 3.26. The molecule has 0 aliphatic carbocycles. The SMILES string of the molecule is CCc1ccc(C(NC(=O)Cc2csc(-c3ccccn3)n2)c2cccc(F)c2)cc1. The number of aromatic nitrogens is 2. The third-order valence-corrected chi connectivity index (χ3v) is 5.90. The molecule has 2 aromatic carbocycles. The van der Waals surface area contributed by atoms with Gasteiger partial charge in [0.2, 0.25) is 5.91 Å². The largest absolute Gasteiger partial charge is 0.345 e. The summed E-state index contributed by atoms with van der Waals surface area (Å²) in [5.74, 6) is -0.506. The Labute approximate surface area is 184 Å². The number of nitrogens with one attached hydrogen (secondary N) is 1. The molecule has 4 nitrogen and oxygen atoms in total. The maximum atomic E-state index is 13.9. The number of rotatable bonds is 7. The number of pyridine rings is 1. The minimum Gasteiger partial charge on any atom is -0.345 e. The molecule has 1 unspecified atom stereocenters. The summed E-state index contributed by atoms with van der Waals surface area (Å²) in [4.78, 5) is 21.7. The predicted octanol–water partition coefficient (Wildman–Crippen LogP) is 5.35. The van der Waals surface area contributed by atoms with E-state index in [1.807, 2.05) is 53.9 Å². The molecule has 0 saturated carbocycles. The van der Waals surface area contributed by atoms with Gasteiger partial charge in [-0.05, 0) is 47.4 Å². The lowest BCUT2D eigenvalue weighted by Gasteiger charge is -2.20. The van der Waals surface area contributed by atoms with E-state index in [9.17, 15) is 9.18 Å². The fourth-order valence-corrected chi connectivity index (χ4v) is 4.16. The van der Waals surface area contributed by atoms with Gasteiger partial charge in [-0.3, -0.25) is 9.78 Å². The fourth-order valence-electron chi connectivity index (χ4n) is 3.36. The van der Waals surface area contributed by atoms with Gasteiger partial charge in [0.05, 0.1) is 23.9 Å². The second-order valence-corrected chi connectivity index (χ2v) is 8.04. The minimum atomic E-state index is -0.442. The minimum absolute atomic E-state index is 0.141. The van der Waals surface area contributed by atoms with E-state index in [0.29, 0.717) is 11.3 Å². The number of aryl methyl sites for hydroxylation is 1. The Kier molecular flexibility index (Phi) is 6.48. The van der Waals surface area contributed by atoms with Gasteiger partial charge in [-0.25, -0.2) is 9.37 Å². The third kappa shape index (κ3) is 5.22. The van der Waals surface area contributed by atoms with Gasteiger partial charge >= 0.3 is 0 Å². The van der Waals surface area contributed by atoms with Gasteiger partial charge in [-0.15, -0.1) is 11.3 Å². The molecule has 31 heavy (non-hydrogen) atoms. The molecule has 0 aliphatic heterocycles. The Bertz CT molecular complexity index is 1160. The van der Waals surface area contributed by atoms with E-state index in [2.05, 4.69) is 22.2 Å². The van der Waals surface area contributed by atoms with Gasteiger partial charge in [0.1, 0.15) is 10.8 Å². The van der Waals surface area contributed by atoms with Crippen molar-refractivity contribution in [2.45, 2.75) is 25.8 Å². The maximum Gasteiger partial charge on any atom is 0.226 e. The molecular formula is C25H22FN3OS. The van der Waals surface area contributed by atoms with E-state index >= 15 is 0 Å². The number of carbonyl (C=O) groups is 1. The van der Waals surface area contributed by atoms with Crippen LogP contribution in [0.1, 0.15) is 35.3 Å². The highest BCUT2D eigenvalue weighted by Gasteiger charge is 2.19. The number of hydrogen-bond donors (Lipinski definition) is 1. The highest BCUT2D eigenvalue weighted by molar-refractivity contribution is 7.13. The normalized spacial score (nSPS) is 11.8. The van der Waals surface area contributed by atoms with E-state index in [0.717, 1.165) is 22.7 Å². The standard InChI is InChI=1S/C25H22FN3OS/c1-2-17-9-11-18(12-10-17)24(19-6-5-7-20(26)14-19)29-23(30)15-21-16-31-25(28-21)22-8-3-4-13-27-22/h3-14,16,24H,2,15H2,1H3,(H,29,30). The van der Waals surface area contributed by atoms with Crippen molar-refractivity contribution in [3.8, 4) is 10.7 Å². The summed E-state index contributed by atoms with van der Waals surface area (Å²) in [7, 11) is 0. The summed E-state index contributed by atoms with van der Waals surface area (Å²) >= 11 is 1.46. The van der Waals surface area contributed by atoms with Crippen molar-refractivity contribution in [1.29, 1.82) is 0 Å². The lowest BCUT2D eigenvalue weighted by molar-refractivity contribution is -0.121. The number of carbonyl (C=O) groups excluding carboxylic acids is 1. The summed E-state index contributed by atoms with van der Waals surface area (Å²) in [5.41, 5.74) is 4.28. The summed E-state index contributed by atoms with van der Waals surface area (Å²) in [6, 6.07) is 19.6. The van der Waals surface area contributed by atoms with Crippen LogP contribution in [0.2, 0.25) is 0 Å². The van der Waals surface area contributed by atoms with Crippen LogP contribution >= 0.6 is 11.3 Å². The second-order valence-electron chi connectivity index (χ2n) is 7.19. The smallest absolute Gasteiger partial charge is 0.226 e. The van der Waals surface area contributed by atoms with Crippen molar-refractivity contribution in [2.24, 2.45) is 0 Å². The zero-order chi connectivity index (χ0) is 21.6. The van der Waals surface area contributed by atoms with Crippen molar-refractivity contribution in [3.63, 3.8) is 0 Å². The van der Waals surface area contributed by atoms with Crippen molar-refractivity contribution in [1.82, 2.24) is 15.3 Å². The van der Waals surface area contributed by atoms with Gasteiger partial charge in [-0.2, -0.15) is 0 Å². The van der Waals surface area contributed by atoms with Gasteiger partial charge in [0, 0.05) is 11.6 Å². The zero-order valence-corrected chi connectivity index (χ0v) is 17.9. The van der Waals surface area contributed by atoms with Crippen LogP contribution in [0.25, 0.3) is 10.7 Å². The fraction of sp³-hybridized carbons (Fsp3) is 0.160. The summed E-state index contributed by atoms with van der Waals surface area (Å²) < 4.78 is 13.9. The lowest BCUT2D eigenvalue weighted by atomic mass is 9.97. The third-order valence-electron chi connectivity index (χ3n) is 4.99. The van der Waals surface area contributed by atoms with Crippen LogP contribution in [-0.2, 0) is 17.6 Å². The van der Waals surface area contributed by atoms with Crippen LogP contribution in [0, 0.1) is 5.82 Å². The summed E-state index contributed by atoms with van der Waals surface area (Å²) in [5, 5.41) is 5.71. The topological polar surface area (TPSA) is 54.9 Å². The first kappa shape index (κ1) is 20.9. The van der Waals surface area contributed by atoms with Crippen LogP contribution in [0.5, 0.6) is 0 Å². The number of halogens is 1. The van der Waals surface area contributed by atoms with Crippen molar-refractivity contribution in [3.05, 3.63) is 107 Å². The molecule has 0 bridgehead atoms. The van der Waals surface area contributed by atoms with E-state index < -0.39 is 6.04 Å². The van der Waals surface area contributed by atoms with Crippen LogP contribution in [-0.4, -0.2) is 15.9 Å². The quantitative estimate of drug-likeness (QED) is 0.429. The van der Waals surface area contributed by atoms with E-state index in [4.69, 9.17) is 0 Å². The highest BCUT2D eigenvalue weighted by Crippen LogP contribution is 2.25. The second kappa shape index (κ2) is 9.62. The van der Waals surface area contributed by atoms with E-state index in [-0.39, 0.29) is 18.1 Å². The molecular weight excluding hydrogens is 409 g/mol. The number of thiazole rings is 1. The lowest BCUT2D eigenvalue weighted by Crippen LogP contribution is -2.30. The van der Waals surface area contributed by atoms with Crippen LogP contribution in [0.15, 0.2) is 78.3 Å². The maximum absolute atomic E-state index is 13.9. The molecule has 6 heteroatoms. The molecule has 4 rings (SSSR count).